The molecule has 2 nitrogen and oxygen atoms in total. The highest BCUT2D eigenvalue weighted by Gasteiger charge is 2.65. The molecule has 2 heteroatoms. The van der Waals surface area contributed by atoms with E-state index in [1.54, 1.807) is 11.1 Å². The molecule has 1 aromatic carbocycles. The van der Waals surface area contributed by atoms with Crippen LogP contribution in [0, 0.1) is 17.3 Å². The summed E-state index contributed by atoms with van der Waals surface area (Å²) in [6.45, 7) is 2.55. The summed E-state index contributed by atoms with van der Waals surface area (Å²) in [5.41, 5.74) is 4.74. The van der Waals surface area contributed by atoms with E-state index in [-0.39, 0.29) is 5.60 Å². The van der Waals surface area contributed by atoms with Gasteiger partial charge in [-0.1, -0.05) is 31.2 Å². The van der Waals surface area contributed by atoms with Gasteiger partial charge in [-0.3, -0.25) is 4.98 Å². The van der Waals surface area contributed by atoms with Gasteiger partial charge < -0.3 is 4.74 Å². The maximum absolute atomic E-state index is 6.71. The van der Waals surface area contributed by atoms with E-state index in [0.717, 1.165) is 29.9 Å². The topological polar surface area (TPSA) is 22.1 Å². The van der Waals surface area contributed by atoms with Gasteiger partial charge in [0.25, 0.3) is 0 Å². The molecule has 2 aromatic rings. The summed E-state index contributed by atoms with van der Waals surface area (Å²) in [5.74, 6) is 3.45. The summed E-state index contributed by atoms with van der Waals surface area (Å²) >= 11 is 0. The maximum atomic E-state index is 6.71. The Morgan fingerprint density at radius 2 is 1.96 bits per heavy atom. The summed E-state index contributed by atoms with van der Waals surface area (Å²) < 4.78 is 6.71. The van der Waals surface area contributed by atoms with Crippen molar-refractivity contribution in [1.82, 2.24) is 4.98 Å². The first kappa shape index (κ1) is 15.2. The van der Waals surface area contributed by atoms with Crippen molar-refractivity contribution in [3.8, 4) is 5.75 Å². The zero-order chi connectivity index (χ0) is 17.4. The Morgan fingerprint density at radius 3 is 2.88 bits per heavy atom. The molecule has 1 unspecified atom stereocenters. The molecule has 0 saturated heterocycles. The predicted octanol–water partition coefficient (Wildman–Crippen LogP) is 5.31. The van der Waals surface area contributed by atoms with Crippen LogP contribution in [0.4, 0.5) is 0 Å². The van der Waals surface area contributed by atoms with Gasteiger partial charge in [0.1, 0.15) is 11.4 Å². The van der Waals surface area contributed by atoms with E-state index in [1.165, 1.54) is 44.2 Å². The second kappa shape index (κ2) is 5.12. The number of pyridine rings is 1. The quantitative estimate of drug-likeness (QED) is 0.645. The van der Waals surface area contributed by atoms with E-state index in [4.69, 9.17) is 4.74 Å². The van der Waals surface area contributed by atoms with E-state index in [0.29, 0.717) is 5.41 Å². The van der Waals surface area contributed by atoms with Crippen LogP contribution in [-0.2, 0) is 12.8 Å². The molecule has 1 spiro atoms. The zero-order valence-corrected chi connectivity index (χ0v) is 15.6. The van der Waals surface area contributed by atoms with Crippen LogP contribution in [-0.4, -0.2) is 10.6 Å². The summed E-state index contributed by atoms with van der Waals surface area (Å²) in [6, 6.07) is 13.4. The zero-order valence-electron chi connectivity index (χ0n) is 15.6. The third-order valence-electron chi connectivity index (χ3n) is 8.54. The summed E-state index contributed by atoms with van der Waals surface area (Å²) in [4.78, 5) is 4.63. The van der Waals surface area contributed by atoms with Crippen molar-refractivity contribution >= 4 is 0 Å². The fourth-order valence-electron chi connectivity index (χ4n) is 7.24. The molecule has 2 heterocycles. The van der Waals surface area contributed by atoms with Crippen molar-refractivity contribution in [1.29, 1.82) is 0 Å². The minimum Gasteiger partial charge on any atom is -0.484 e. The number of nitrogens with zero attached hydrogens (tertiary/aromatic N) is 1. The minimum absolute atomic E-state index is 0.00368. The summed E-state index contributed by atoms with van der Waals surface area (Å²) in [6.07, 6.45) is 10.7. The molecule has 4 aliphatic rings. The molecule has 2 fully saturated rings. The fourth-order valence-corrected chi connectivity index (χ4v) is 7.24. The second-order valence-electron chi connectivity index (χ2n) is 9.33. The Hall–Kier alpha value is -1.83. The van der Waals surface area contributed by atoms with Gasteiger partial charge in [0.2, 0.25) is 0 Å². The van der Waals surface area contributed by atoms with E-state index < -0.39 is 0 Å². The Labute approximate surface area is 156 Å². The average Bonchev–Trinajstić information content (AvgIpc) is 3.19. The Morgan fingerprint density at radius 1 is 1.04 bits per heavy atom. The van der Waals surface area contributed by atoms with Crippen molar-refractivity contribution < 1.29 is 4.74 Å². The molecule has 2 saturated carbocycles. The minimum atomic E-state index is -0.00368. The molecule has 134 valence electrons. The molecular formula is C24H27NO. The van der Waals surface area contributed by atoms with Gasteiger partial charge in [0.05, 0.1) is 5.69 Å². The van der Waals surface area contributed by atoms with Crippen molar-refractivity contribution in [3.63, 3.8) is 0 Å². The van der Waals surface area contributed by atoms with Gasteiger partial charge in [0.15, 0.2) is 0 Å². The van der Waals surface area contributed by atoms with Crippen LogP contribution in [0.25, 0.3) is 0 Å². The lowest BCUT2D eigenvalue weighted by molar-refractivity contribution is -0.0725. The SMILES string of the molecule is C[C@]12CC[C@@H]3c4ccccc4CC[C@H]3[C@@H]1CCC21Cc2ncccc2O1. The number of hydrogen-bond donors (Lipinski definition) is 0. The largest absolute Gasteiger partial charge is 0.484 e. The number of benzene rings is 1. The second-order valence-corrected chi connectivity index (χ2v) is 9.33. The number of hydrogen-bond acceptors (Lipinski definition) is 2. The molecule has 6 rings (SSSR count). The lowest BCUT2D eigenvalue weighted by Gasteiger charge is -2.53. The standard InChI is InChI=1S/C24H27NO/c1-23-12-10-18-17-6-3-2-5-16(17)8-9-19(18)20(23)11-13-24(23)15-21-22(26-24)7-4-14-25-21/h2-7,14,18-20H,8-13,15H2,1H3/t18-,19-,20+,23+,24?/m1/s1. The van der Waals surface area contributed by atoms with Crippen molar-refractivity contribution in [2.45, 2.75) is 63.4 Å². The van der Waals surface area contributed by atoms with Gasteiger partial charge in [-0.15, -0.1) is 0 Å². The van der Waals surface area contributed by atoms with Gasteiger partial charge in [-0.2, -0.15) is 0 Å². The first-order valence-corrected chi connectivity index (χ1v) is 10.4. The van der Waals surface area contributed by atoms with E-state index in [1.807, 2.05) is 12.3 Å². The third kappa shape index (κ3) is 1.81. The average molecular weight is 345 g/mol. The smallest absolute Gasteiger partial charge is 0.141 e. The lowest BCUT2D eigenvalue weighted by Crippen LogP contribution is -2.53. The van der Waals surface area contributed by atoms with Crippen LogP contribution >= 0.6 is 0 Å². The number of fused-ring (bicyclic) bond motifs is 7. The van der Waals surface area contributed by atoms with E-state index >= 15 is 0 Å². The Bertz CT molecular complexity index is 849. The molecule has 0 bridgehead atoms. The van der Waals surface area contributed by atoms with E-state index in [2.05, 4.69) is 42.2 Å². The van der Waals surface area contributed by atoms with Crippen LogP contribution in [0.1, 0.15) is 61.8 Å². The molecular weight excluding hydrogens is 318 g/mol. The van der Waals surface area contributed by atoms with Crippen LogP contribution in [0.15, 0.2) is 42.6 Å². The fraction of sp³-hybridized carbons (Fsp3) is 0.542. The Balaban J connectivity index is 1.37. The molecule has 5 atom stereocenters. The molecule has 0 amide bonds. The normalized spacial score (nSPS) is 39.7. The first-order chi connectivity index (χ1) is 12.7. The lowest BCUT2D eigenvalue weighted by atomic mass is 9.53. The first-order valence-electron chi connectivity index (χ1n) is 10.4. The molecule has 26 heavy (non-hydrogen) atoms. The van der Waals surface area contributed by atoms with Crippen molar-refractivity contribution in [2.75, 3.05) is 0 Å². The van der Waals surface area contributed by atoms with Crippen molar-refractivity contribution in [2.24, 2.45) is 17.3 Å². The number of ether oxygens (including phenoxy) is 1. The molecule has 0 N–H and O–H groups in total. The van der Waals surface area contributed by atoms with Crippen LogP contribution < -0.4 is 4.74 Å². The summed E-state index contributed by atoms with van der Waals surface area (Å²) in [7, 11) is 0. The molecule has 1 aliphatic heterocycles. The van der Waals surface area contributed by atoms with Crippen LogP contribution in [0.3, 0.4) is 0 Å². The highest BCUT2D eigenvalue weighted by atomic mass is 16.5. The number of aromatic nitrogens is 1. The van der Waals surface area contributed by atoms with Crippen LogP contribution in [0.5, 0.6) is 5.75 Å². The molecule has 1 aromatic heterocycles. The highest BCUT2D eigenvalue weighted by Crippen LogP contribution is 2.67. The van der Waals surface area contributed by atoms with Gasteiger partial charge in [-0.05, 0) is 79.5 Å². The highest BCUT2D eigenvalue weighted by molar-refractivity contribution is 5.39. The van der Waals surface area contributed by atoms with Crippen molar-refractivity contribution in [3.05, 3.63) is 59.4 Å². The van der Waals surface area contributed by atoms with Gasteiger partial charge in [-0.25, -0.2) is 0 Å². The number of aryl methyl sites for hydroxylation is 1. The van der Waals surface area contributed by atoms with Crippen LogP contribution in [0.2, 0.25) is 0 Å². The third-order valence-corrected chi connectivity index (χ3v) is 8.54. The predicted molar refractivity (Wildman–Crippen MR) is 102 cm³/mol. The summed E-state index contributed by atoms with van der Waals surface area (Å²) in [5, 5.41) is 0. The van der Waals surface area contributed by atoms with Gasteiger partial charge in [0, 0.05) is 18.0 Å². The monoisotopic (exact) mass is 345 g/mol. The van der Waals surface area contributed by atoms with Gasteiger partial charge >= 0.3 is 0 Å². The molecule has 3 aliphatic carbocycles. The Kier molecular flexibility index (Phi) is 3.00. The number of rotatable bonds is 0. The maximum Gasteiger partial charge on any atom is 0.141 e. The van der Waals surface area contributed by atoms with E-state index in [9.17, 15) is 0 Å². The molecule has 0 radical (unpaired) electrons.